The minimum atomic E-state index is -0.719. The molecule has 0 aliphatic heterocycles. The number of aromatic nitrogens is 1. The molecule has 0 saturated heterocycles. The number of nitrogens with one attached hydrogen (secondary N) is 1. The maximum Gasteiger partial charge on any atom is 0.307 e. The summed E-state index contributed by atoms with van der Waals surface area (Å²) >= 11 is 0. The van der Waals surface area contributed by atoms with Crippen LogP contribution in [0.1, 0.15) is 66.6 Å². The van der Waals surface area contributed by atoms with Crippen molar-refractivity contribution in [1.29, 1.82) is 0 Å². The topological polar surface area (TPSA) is 80.6 Å². The van der Waals surface area contributed by atoms with Crippen molar-refractivity contribution in [3.63, 3.8) is 0 Å². The molecule has 2 atom stereocenters. The van der Waals surface area contributed by atoms with Crippen LogP contribution in [-0.4, -0.2) is 49.1 Å². The van der Waals surface area contributed by atoms with E-state index in [2.05, 4.69) is 36.2 Å². The third kappa shape index (κ3) is 8.40. The van der Waals surface area contributed by atoms with Gasteiger partial charge in [-0.25, -0.2) is 0 Å². The summed E-state index contributed by atoms with van der Waals surface area (Å²) in [6.07, 6.45) is 3.06. The van der Waals surface area contributed by atoms with E-state index in [-0.39, 0.29) is 23.8 Å². The molecule has 7 heteroatoms. The first-order valence-corrected chi connectivity index (χ1v) is 14.3. The molecule has 41 heavy (non-hydrogen) atoms. The summed E-state index contributed by atoms with van der Waals surface area (Å²) in [5.74, 6) is -0.558. The Hall–Kier alpha value is -3.71. The highest BCUT2D eigenvalue weighted by atomic mass is 16.5. The monoisotopic (exact) mass is 559 g/mol. The second-order valence-corrected chi connectivity index (χ2v) is 11.7. The van der Waals surface area contributed by atoms with E-state index >= 15 is 0 Å². The zero-order valence-electron chi connectivity index (χ0n) is 25.8. The first-order chi connectivity index (χ1) is 19.4. The van der Waals surface area contributed by atoms with Crippen LogP contribution >= 0.6 is 0 Å². The molecule has 0 saturated carbocycles. The predicted octanol–water partition coefficient (Wildman–Crippen LogP) is 5.55. The Bertz CT molecular complexity index is 1400. The van der Waals surface area contributed by atoms with Gasteiger partial charge in [0, 0.05) is 18.8 Å². The molecule has 0 fully saturated rings. The van der Waals surface area contributed by atoms with Gasteiger partial charge in [-0.2, -0.15) is 0 Å². The van der Waals surface area contributed by atoms with E-state index in [1.54, 1.807) is 10.6 Å². The van der Waals surface area contributed by atoms with Crippen molar-refractivity contribution in [2.24, 2.45) is 5.92 Å². The lowest BCUT2D eigenvalue weighted by atomic mass is 9.92. The number of benzene rings is 2. The van der Waals surface area contributed by atoms with Crippen molar-refractivity contribution in [2.75, 3.05) is 27.7 Å². The summed E-state index contributed by atoms with van der Waals surface area (Å²) in [6, 6.07) is 14.4. The van der Waals surface area contributed by atoms with Crippen LogP contribution in [0.4, 0.5) is 0 Å². The molecule has 0 spiro atoms. The number of rotatable bonds is 12. The normalized spacial score (nSPS) is 12.8. The number of esters is 1. The number of carbonyl (C=O) groups excluding carboxylic acids is 2. The minimum Gasteiger partial charge on any atom is -0.469 e. The predicted molar refractivity (Wildman–Crippen MR) is 165 cm³/mol. The molecule has 0 bridgehead atoms. The highest BCUT2D eigenvalue weighted by Gasteiger charge is 2.28. The molecule has 1 heterocycles. The number of hydrogen-bond donors (Lipinski definition) is 1. The number of methoxy groups -OCH3 is 1. The fraction of sp³-hybridized carbons (Fsp3) is 0.441. The van der Waals surface area contributed by atoms with Gasteiger partial charge in [-0.15, -0.1) is 0 Å². The van der Waals surface area contributed by atoms with E-state index in [0.29, 0.717) is 6.42 Å². The van der Waals surface area contributed by atoms with Gasteiger partial charge in [0.25, 0.3) is 5.56 Å². The highest BCUT2D eigenvalue weighted by molar-refractivity contribution is 5.82. The summed E-state index contributed by atoms with van der Waals surface area (Å²) in [5.41, 5.74) is 6.99. The SMILES string of the molecule is COC(=O)CC(NC(=O)C(CC(C)C)n1cc(CCN(C)C)c(C)cc1=O)c1cccc(-c2c(C)cccc2C)c1. The first kappa shape index (κ1) is 31.8. The molecule has 220 valence electrons. The van der Waals surface area contributed by atoms with E-state index in [1.807, 2.05) is 71.4 Å². The Morgan fingerprint density at radius 1 is 0.976 bits per heavy atom. The molecule has 1 amide bonds. The highest BCUT2D eigenvalue weighted by Crippen LogP contribution is 2.30. The van der Waals surface area contributed by atoms with Gasteiger partial charge in [0.15, 0.2) is 0 Å². The van der Waals surface area contributed by atoms with E-state index in [0.717, 1.165) is 51.9 Å². The average Bonchev–Trinajstić information content (AvgIpc) is 2.91. The summed E-state index contributed by atoms with van der Waals surface area (Å²) in [7, 11) is 5.37. The van der Waals surface area contributed by atoms with Gasteiger partial charge in [-0.3, -0.25) is 14.4 Å². The maximum atomic E-state index is 14.0. The molecule has 1 N–H and O–H groups in total. The van der Waals surface area contributed by atoms with Gasteiger partial charge in [-0.1, -0.05) is 50.2 Å². The second kappa shape index (κ2) is 14.3. The van der Waals surface area contributed by atoms with Gasteiger partial charge >= 0.3 is 5.97 Å². The van der Waals surface area contributed by atoms with Crippen molar-refractivity contribution in [2.45, 2.75) is 66.0 Å². The zero-order valence-corrected chi connectivity index (χ0v) is 25.8. The Balaban J connectivity index is 2.02. The third-order valence-electron chi connectivity index (χ3n) is 7.53. The van der Waals surface area contributed by atoms with E-state index in [9.17, 15) is 14.4 Å². The molecule has 0 aliphatic rings. The quantitative estimate of drug-likeness (QED) is 0.294. The standard InChI is InChI=1S/C34H45N3O4/c1-22(2)17-30(37-21-28(15-16-36(6)7)25(5)18-31(37)38)34(40)35-29(20-32(39)41-8)26-13-10-14-27(19-26)33-23(3)11-9-12-24(33)4/h9-14,18-19,21-22,29-30H,15-17,20H2,1-8H3,(H,35,40). The van der Waals surface area contributed by atoms with Crippen LogP contribution in [0.3, 0.4) is 0 Å². The Kier molecular flexibility index (Phi) is 11.1. The molecule has 1 aromatic heterocycles. The number of amides is 1. The van der Waals surface area contributed by atoms with Gasteiger partial charge < -0.3 is 19.5 Å². The van der Waals surface area contributed by atoms with E-state index in [1.165, 1.54) is 7.11 Å². The molecule has 2 unspecified atom stereocenters. The van der Waals surface area contributed by atoms with Gasteiger partial charge in [0.05, 0.1) is 19.6 Å². The van der Waals surface area contributed by atoms with Gasteiger partial charge in [-0.05, 0) is 98.6 Å². The van der Waals surface area contributed by atoms with E-state index < -0.39 is 18.1 Å². The largest absolute Gasteiger partial charge is 0.469 e. The number of carbonyl (C=O) groups is 2. The maximum absolute atomic E-state index is 14.0. The number of ether oxygens (including phenoxy) is 1. The first-order valence-electron chi connectivity index (χ1n) is 14.3. The fourth-order valence-corrected chi connectivity index (χ4v) is 5.28. The summed E-state index contributed by atoms with van der Waals surface area (Å²) in [4.78, 5) is 41.8. The fourth-order valence-electron chi connectivity index (χ4n) is 5.28. The number of aryl methyl sites for hydroxylation is 3. The number of likely N-dealkylation sites (N-methyl/N-ethyl adjacent to an activating group) is 1. The molecule has 0 radical (unpaired) electrons. The number of pyridine rings is 1. The lowest BCUT2D eigenvalue weighted by molar-refractivity contribution is -0.141. The Morgan fingerprint density at radius 3 is 2.24 bits per heavy atom. The Labute approximate surface area is 244 Å². The van der Waals surface area contributed by atoms with Crippen molar-refractivity contribution < 1.29 is 14.3 Å². The van der Waals surface area contributed by atoms with Crippen molar-refractivity contribution in [3.05, 3.63) is 92.9 Å². The number of nitrogens with zero attached hydrogens (tertiary/aromatic N) is 2. The summed E-state index contributed by atoms with van der Waals surface area (Å²) in [6.45, 7) is 11.0. The zero-order chi connectivity index (χ0) is 30.3. The third-order valence-corrected chi connectivity index (χ3v) is 7.53. The van der Waals surface area contributed by atoms with Crippen LogP contribution < -0.4 is 10.9 Å². The smallest absolute Gasteiger partial charge is 0.307 e. The lowest BCUT2D eigenvalue weighted by Gasteiger charge is -2.26. The molecule has 3 aromatic rings. The van der Waals surface area contributed by atoms with Crippen molar-refractivity contribution in [3.8, 4) is 11.1 Å². The molecule has 0 aliphatic carbocycles. The average molecular weight is 560 g/mol. The van der Waals surface area contributed by atoms with Crippen LogP contribution in [0.2, 0.25) is 0 Å². The molecule has 3 rings (SSSR count). The second-order valence-electron chi connectivity index (χ2n) is 11.7. The van der Waals surface area contributed by atoms with Crippen molar-refractivity contribution in [1.82, 2.24) is 14.8 Å². The van der Waals surface area contributed by atoms with Gasteiger partial charge in [0.2, 0.25) is 5.91 Å². The van der Waals surface area contributed by atoms with Gasteiger partial charge in [0.1, 0.15) is 6.04 Å². The van der Waals surface area contributed by atoms with Crippen LogP contribution in [0.25, 0.3) is 11.1 Å². The van der Waals surface area contributed by atoms with E-state index in [4.69, 9.17) is 4.74 Å². The lowest BCUT2D eigenvalue weighted by Crippen LogP contribution is -2.40. The summed E-state index contributed by atoms with van der Waals surface area (Å²) in [5, 5.41) is 3.11. The molecular formula is C34H45N3O4. The minimum absolute atomic E-state index is 0.0241. The van der Waals surface area contributed by atoms with Crippen molar-refractivity contribution >= 4 is 11.9 Å². The molecular weight excluding hydrogens is 514 g/mol. The van der Waals surface area contributed by atoms with Crippen LogP contribution in [0.5, 0.6) is 0 Å². The van der Waals surface area contributed by atoms with Crippen LogP contribution in [-0.2, 0) is 20.7 Å². The number of hydrogen-bond acceptors (Lipinski definition) is 5. The molecule has 7 nitrogen and oxygen atoms in total. The Morgan fingerprint density at radius 2 is 1.63 bits per heavy atom. The molecule has 2 aromatic carbocycles. The van der Waals surface area contributed by atoms with Crippen LogP contribution in [0, 0.1) is 26.7 Å². The summed E-state index contributed by atoms with van der Waals surface area (Å²) < 4.78 is 6.56. The van der Waals surface area contributed by atoms with Crippen LogP contribution in [0.15, 0.2) is 59.5 Å².